The van der Waals surface area contributed by atoms with E-state index in [4.69, 9.17) is 4.74 Å². The molecule has 1 aliphatic heterocycles. The van der Waals surface area contributed by atoms with Crippen molar-refractivity contribution in [1.82, 2.24) is 15.2 Å². The highest BCUT2D eigenvalue weighted by atomic mass is 16.5. The lowest BCUT2D eigenvalue weighted by Gasteiger charge is -2.28. The van der Waals surface area contributed by atoms with Crippen molar-refractivity contribution in [3.05, 3.63) is 52.8 Å². The lowest BCUT2D eigenvalue weighted by molar-refractivity contribution is 0.112. The largest absolute Gasteiger partial charge is 0.378 e. The minimum atomic E-state index is -0.113. The number of pyridine rings is 1. The van der Waals surface area contributed by atoms with Crippen molar-refractivity contribution < 1.29 is 9.53 Å². The second-order valence-corrected chi connectivity index (χ2v) is 7.24. The smallest absolute Gasteiger partial charge is 0.171 e. The summed E-state index contributed by atoms with van der Waals surface area (Å²) < 4.78 is 5.43. The lowest BCUT2D eigenvalue weighted by Crippen LogP contribution is -2.36. The van der Waals surface area contributed by atoms with Crippen molar-refractivity contribution in [2.45, 2.75) is 19.9 Å². The van der Waals surface area contributed by atoms with E-state index in [1.165, 1.54) is 0 Å². The molecule has 1 N–H and O–H groups in total. The molecular weight excluding hydrogens is 380 g/mol. The number of morpholine rings is 1. The summed E-state index contributed by atoms with van der Waals surface area (Å²) in [6.07, 6.45) is 2.37. The number of benzene rings is 1. The van der Waals surface area contributed by atoms with Crippen molar-refractivity contribution in [3.8, 4) is 6.07 Å². The van der Waals surface area contributed by atoms with E-state index >= 15 is 0 Å². The molecule has 4 rings (SSSR count). The quantitative estimate of drug-likeness (QED) is 0.650. The molecule has 1 aromatic carbocycles. The van der Waals surface area contributed by atoms with E-state index < -0.39 is 0 Å². The summed E-state index contributed by atoms with van der Waals surface area (Å²) in [5.41, 5.74) is 2.84. The summed E-state index contributed by atoms with van der Waals surface area (Å²) in [7, 11) is 0. The Labute approximate surface area is 174 Å². The highest BCUT2D eigenvalue weighted by Crippen LogP contribution is 2.30. The van der Waals surface area contributed by atoms with Crippen molar-refractivity contribution >= 4 is 28.7 Å². The molecule has 3 aromatic rings. The molecule has 1 atom stereocenters. The van der Waals surface area contributed by atoms with Gasteiger partial charge in [0.15, 0.2) is 12.1 Å². The fraction of sp³-hybridized carbons (Fsp3) is 0.318. The summed E-state index contributed by atoms with van der Waals surface area (Å²) in [6.45, 7) is 6.78. The second kappa shape index (κ2) is 8.43. The number of carbonyl (C=O) groups excluding carboxylic acids is 1. The fourth-order valence-electron chi connectivity index (χ4n) is 3.74. The first-order valence-corrected chi connectivity index (χ1v) is 9.83. The molecule has 0 unspecified atom stereocenters. The first kappa shape index (κ1) is 19.7. The maximum Gasteiger partial charge on any atom is 0.171 e. The molecule has 8 nitrogen and oxygen atoms in total. The molecule has 0 saturated carbocycles. The minimum Gasteiger partial charge on any atom is -0.378 e. The Balaban J connectivity index is 1.74. The predicted octanol–water partition coefficient (Wildman–Crippen LogP) is 3.03. The van der Waals surface area contributed by atoms with Gasteiger partial charge in [-0.05, 0) is 37.1 Å². The number of ether oxygens (including phenoxy) is 1. The Morgan fingerprint density at radius 1 is 1.27 bits per heavy atom. The van der Waals surface area contributed by atoms with Crippen LogP contribution >= 0.6 is 0 Å². The molecule has 0 bridgehead atoms. The maximum absolute atomic E-state index is 11.5. The average molecular weight is 402 g/mol. The standard InChI is InChI=1S/C22H22N6O2/c1-14-16(11-23)4-3-5-17(14)15(2)25-22-18-10-21(28-6-8-30-9-7-28)24-12-19(18)20(13-29)26-27-22/h3-5,10,12-13,15H,6-9H2,1-2H3,(H,25,27)/t15-/m1/s1. The number of fused-ring (bicyclic) bond motifs is 1. The summed E-state index contributed by atoms with van der Waals surface area (Å²) >= 11 is 0. The third-order valence-corrected chi connectivity index (χ3v) is 5.44. The van der Waals surface area contributed by atoms with Gasteiger partial charge >= 0.3 is 0 Å². The van der Waals surface area contributed by atoms with Crippen LogP contribution < -0.4 is 10.2 Å². The minimum absolute atomic E-state index is 0.113. The maximum atomic E-state index is 11.5. The lowest BCUT2D eigenvalue weighted by atomic mass is 9.98. The SMILES string of the molecule is Cc1c(C#N)cccc1[C@@H](C)Nc1nnc(C=O)c2cnc(N3CCOCC3)cc12. The predicted molar refractivity (Wildman–Crippen MR) is 114 cm³/mol. The molecule has 30 heavy (non-hydrogen) atoms. The molecule has 0 spiro atoms. The molecule has 0 amide bonds. The van der Waals surface area contributed by atoms with Gasteiger partial charge in [0.2, 0.25) is 0 Å². The third kappa shape index (κ3) is 3.67. The van der Waals surface area contributed by atoms with Gasteiger partial charge in [-0.2, -0.15) is 5.26 Å². The number of hydrogen-bond acceptors (Lipinski definition) is 8. The average Bonchev–Trinajstić information content (AvgIpc) is 2.79. The van der Waals surface area contributed by atoms with Crippen LogP contribution in [0, 0.1) is 18.3 Å². The van der Waals surface area contributed by atoms with Crippen molar-refractivity contribution in [3.63, 3.8) is 0 Å². The zero-order valence-corrected chi connectivity index (χ0v) is 16.9. The molecule has 152 valence electrons. The molecule has 1 saturated heterocycles. The van der Waals surface area contributed by atoms with E-state index in [2.05, 4.69) is 31.5 Å². The molecule has 3 heterocycles. The number of carbonyl (C=O) groups is 1. The number of anilines is 2. The van der Waals surface area contributed by atoms with Crippen molar-refractivity contribution in [2.24, 2.45) is 0 Å². The number of hydrogen-bond donors (Lipinski definition) is 1. The van der Waals surface area contributed by atoms with E-state index in [0.29, 0.717) is 36.3 Å². The fourth-order valence-corrected chi connectivity index (χ4v) is 3.74. The van der Waals surface area contributed by atoms with Gasteiger partial charge in [0.1, 0.15) is 11.5 Å². The van der Waals surface area contributed by atoms with Gasteiger partial charge in [-0.15, -0.1) is 10.2 Å². The molecule has 1 aliphatic rings. The number of nitriles is 1. The van der Waals surface area contributed by atoms with Gasteiger partial charge in [0.05, 0.1) is 30.9 Å². The van der Waals surface area contributed by atoms with Crippen LogP contribution in [0.4, 0.5) is 11.6 Å². The Morgan fingerprint density at radius 3 is 2.80 bits per heavy atom. The van der Waals surface area contributed by atoms with E-state index in [1.807, 2.05) is 32.0 Å². The van der Waals surface area contributed by atoms with Crippen LogP contribution in [0.15, 0.2) is 30.5 Å². The molecule has 0 aliphatic carbocycles. The van der Waals surface area contributed by atoms with Crippen LogP contribution in [0.5, 0.6) is 0 Å². The first-order valence-electron chi connectivity index (χ1n) is 9.83. The van der Waals surface area contributed by atoms with Crippen LogP contribution in [0.2, 0.25) is 0 Å². The summed E-state index contributed by atoms with van der Waals surface area (Å²) in [6, 6.07) is 9.72. The van der Waals surface area contributed by atoms with E-state index in [9.17, 15) is 10.1 Å². The highest BCUT2D eigenvalue weighted by molar-refractivity contribution is 6.01. The summed E-state index contributed by atoms with van der Waals surface area (Å²) in [4.78, 5) is 18.2. The number of rotatable bonds is 5. The molecular formula is C22H22N6O2. The molecule has 0 radical (unpaired) electrons. The van der Waals surface area contributed by atoms with Gasteiger partial charge in [0.25, 0.3) is 0 Å². The molecule has 8 heteroatoms. The Kier molecular flexibility index (Phi) is 5.55. The molecule has 2 aromatic heterocycles. The van der Waals surface area contributed by atoms with Crippen molar-refractivity contribution in [1.29, 1.82) is 5.26 Å². The Morgan fingerprint density at radius 2 is 2.07 bits per heavy atom. The summed E-state index contributed by atoms with van der Waals surface area (Å²) in [5.74, 6) is 1.38. The van der Waals surface area contributed by atoms with Crippen LogP contribution in [-0.2, 0) is 4.74 Å². The van der Waals surface area contributed by atoms with Crippen LogP contribution in [-0.4, -0.2) is 47.8 Å². The Hall–Kier alpha value is -3.57. The normalized spacial score (nSPS) is 14.9. The van der Waals surface area contributed by atoms with Crippen molar-refractivity contribution in [2.75, 3.05) is 36.5 Å². The van der Waals surface area contributed by atoms with Gasteiger partial charge in [0, 0.05) is 30.1 Å². The van der Waals surface area contributed by atoms with E-state index in [-0.39, 0.29) is 11.7 Å². The number of aromatic nitrogens is 3. The van der Waals surface area contributed by atoms with Gasteiger partial charge in [-0.3, -0.25) is 4.79 Å². The number of nitrogens with zero attached hydrogens (tertiary/aromatic N) is 5. The monoisotopic (exact) mass is 402 g/mol. The van der Waals surface area contributed by atoms with Gasteiger partial charge < -0.3 is 15.0 Å². The third-order valence-electron chi connectivity index (χ3n) is 5.44. The number of aldehydes is 1. The number of nitrogens with one attached hydrogen (secondary N) is 1. The van der Waals surface area contributed by atoms with E-state index in [0.717, 1.165) is 35.4 Å². The van der Waals surface area contributed by atoms with Gasteiger partial charge in [-0.25, -0.2) is 4.98 Å². The Bertz CT molecular complexity index is 1130. The van der Waals surface area contributed by atoms with Crippen LogP contribution in [0.3, 0.4) is 0 Å². The van der Waals surface area contributed by atoms with Crippen LogP contribution in [0.25, 0.3) is 10.8 Å². The zero-order chi connectivity index (χ0) is 21.1. The topological polar surface area (TPSA) is 104 Å². The molecule has 1 fully saturated rings. The summed E-state index contributed by atoms with van der Waals surface area (Å²) in [5, 5.41) is 22.5. The van der Waals surface area contributed by atoms with Crippen LogP contribution in [0.1, 0.15) is 40.1 Å². The zero-order valence-electron chi connectivity index (χ0n) is 16.9. The highest BCUT2D eigenvalue weighted by Gasteiger charge is 2.18. The van der Waals surface area contributed by atoms with Gasteiger partial charge in [-0.1, -0.05) is 12.1 Å². The van der Waals surface area contributed by atoms with E-state index in [1.54, 1.807) is 12.3 Å². The first-order chi connectivity index (χ1) is 14.6. The second-order valence-electron chi connectivity index (χ2n) is 7.24.